The van der Waals surface area contributed by atoms with Crippen LogP contribution in [0.5, 0.6) is 17.2 Å². The molecule has 4 rings (SSSR count). The molecular weight excluding hydrogens is 436 g/mol. The lowest BCUT2D eigenvalue weighted by atomic mass is 10.1. The van der Waals surface area contributed by atoms with Crippen LogP contribution in [-0.2, 0) is 0 Å². The first kappa shape index (κ1) is 22.4. The van der Waals surface area contributed by atoms with Crippen LogP contribution in [0.2, 0.25) is 0 Å². The van der Waals surface area contributed by atoms with E-state index in [2.05, 4.69) is 24.4 Å². The number of nitrogens with one attached hydrogen (secondary N) is 1. The van der Waals surface area contributed by atoms with Crippen molar-refractivity contribution in [2.75, 3.05) is 26.6 Å². The van der Waals surface area contributed by atoms with Crippen LogP contribution in [-0.4, -0.2) is 32.2 Å². The summed E-state index contributed by atoms with van der Waals surface area (Å²) in [6.07, 6.45) is 0. The molecule has 0 aliphatic rings. The van der Waals surface area contributed by atoms with Gasteiger partial charge < -0.3 is 19.5 Å². The molecule has 1 heterocycles. The maximum Gasteiger partial charge on any atom is 0.255 e. The Hall–Kier alpha value is -3.84. The molecule has 0 saturated carbocycles. The molecule has 0 saturated heterocycles. The van der Waals surface area contributed by atoms with Crippen LogP contribution in [0.15, 0.2) is 66.0 Å². The number of methoxy groups -OCH3 is 3. The Bertz CT molecular complexity index is 1260. The van der Waals surface area contributed by atoms with Crippen LogP contribution >= 0.6 is 11.3 Å². The summed E-state index contributed by atoms with van der Waals surface area (Å²) in [6.45, 7) is 2.09. The van der Waals surface area contributed by atoms with E-state index in [1.54, 1.807) is 23.5 Å². The van der Waals surface area contributed by atoms with Crippen LogP contribution in [0.3, 0.4) is 0 Å². The van der Waals surface area contributed by atoms with Gasteiger partial charge in [-0.3, -0.25) is 4.79 Å². The zero-order valence-corrected chi connectivity index (χ0v) is 19.7. The highest BCUT2D eigenvalue weighted by Gasteiger charge is 2.17. The largest absolute Gasteiger partial charge is 0.493 e. The number of thiazole rings is 1. The fraction of sp³-hybridized carbons (Fsp3) is 0.154. The monoisotopic (exact) mass is 460 g/mol. The predicted molar refractivity (Wildman–Crippen MR) is 132 cm³/mol. The van der Waals surface area contributed by atoms with Crippen molar-refractivity contribution in [2.45, 2.75) is 6.92 Å². The van der Waals surface area contributed by atoms with E-state index in [0.29, 0.717) is 28.5 Å². The van der Waals surface area contributed by atoms with Gasteiger partial charge in [-0.25, -0.2) is 4.98 Å². The Morgan fingerprint density at radius 1 is 0.909 bits per heavy atom. The van der Waals surface area contributed by atoms with Gasteiger partial charge in [0.2, 0.25) is 5.75 Å². The van der Waals surface area contributed by atoms with E-state index < -0.39 is 0 Å². The molecule has 33 heavy (non-hydrogen) atoms. The molecule has 0 radical (unpaired) electrons. The van der Waals surface area contributed by atoms with Gasteiger partial charge in [-0.2, -0.15) is 0 Å². The Labute approximate surface area is 196 Å². The second-order valence-electron chi connectivity index (χ2n) is 7.30. The van der Waals surface area contributed by atoms with Crippen molar-refractivity contribution in [1.82, 2.24) is 4.98 Å². The summed E-state index contributed by atoms with van der Waals surface area (Å²) in [5.41, 5.74) is 5.30. The summed E-state index contributed by atoms with van der Waals surface area (Å²) in [5, 5.41) is 5.94. The van der Waals surface area contributed by atoms with Gasteiger partial charge in [0.15, 0.2) is 11.5 Å². The summed E-state index contributed by atoms with van der Waals surface area (Å²) in [6, 6.07) is 19.1. The van der Waals surface area contributed by atoms with Crippen LogP contribution in [0.4, 0.5) is 5.69 Å². The molecule has 6 nitrogen and oxygen atoms in total. The summed E-state index contributed by atoms with van der Waals surface area (Å²) in [4.78, 5) is 17.6. The number of anilines is 1. The molecule has 0 unspecified atom stereocenters. The topological polar surface area (TPSA) is 69.7 Å². The minimum atomic E-state index is -0.280. The average molecular weight is 461 g/mol. The molecule has 0 atom stereocenters. The van der Waals surface area contributed by atoms with Gasteiger partial charge >= 0.3 is 0 Å². The first-order valence-corrected chi connectivity index (χ1v) is 11.2. The Kier molecular flexibility index (Phi) is 6.60. The van der Waals surface area contributed by atoms with Crippen LogP contribution in [0, 0.1) is 6.92 Å². The van der Waals surface area contributed by atoms with Crippen molar-refractivity contribution in [2.24, 2.45) is 0 Å². The quantitative estimate of drug-likeness (QED) is 0.363. The number of nitrogens with zero attached hydrogens (tertiary/aromatic N) is 1. The summed E-state index contributed by atoms with van der Waals surface area (Å²) < 4.78 is 16.0. The van der Waals surface area contributed by atoms with E-state index in [1.807, 2.05) is 41.8 Å². The number of aryl methyl sites for hydroxylation is 1. The van der Waals surface area contributed by atoms with Gasteiger partial charge in [0.05, 0.1) is 27.0 Å². The number of amides is 1. The Morgan fingerprint density at radius 3 is 2.18 bits per heavy atom. The highest BCUT2D eigenvalue weighted by Crippen LogP contribution is 2.38. The van der Waals surface area contributed by atoms with E-state index in [0.717, 1.165) is 21.8 Å². The van der Waals surface area contributed by atoms with E-state index in [1.165, 1.54) is 26.9 Å². The lowest BCUT2D eigenvalue weighted by Gasteiger charge is -2.14. The molecule has 0 fully saturated rings. The molecule has 168 valence electrons. The van der Waals surface area contributed by atoms with Crippen molar-refractivity contribution >= 4 is 22.9 Å². The first-order chi connectivity index (χ1) is 16.0. The second-order valence-corrected chi connectivity index (χ2v) is 8.16. The number of carbonyl (C=O) groups excluding carboxylic acids is 1. The molecule has 1 amide bonds. The molecule has 1 aromatic heterocycles. The van der Waals surface area contributed by atoms with Crippen molar-refractivity contribution in [3.05, 3.63) is 77.2 Å². The SMILES string of the molecule is COc1cc(C(=O)Nc2ccc(-c3csc(-c4ccccc4C)n3)cc2)cc(OC)c1OC. The van der Waals surface area contributed by atoms with Crippen LogP contribution in [0.25, 0.3) is 21.8 Å². The highest BCUT2D eigenvalue weighted by atomic mass is 32.1. The van der Waals surface area contributed by atoms with Gasteiger partial charge in [-0.15, -0.1) is 11.3 Å². The number of carbonyl (C=O) groups is 1. The summed E-state index contributed by atoms with van der Waals surface area (Å²) >= 11 is 1.62. The van der Waals surface area contributed by atoms with Gasteiger partial charge in [0, 0.05) is 27.8 Å². The molecule has 0 aliphatic heterocycles. The van der Waals surface area contributed by atoms with Crippen LogP contribution < -0.4 is 19.5 Å². The van der Waals surface area contributed by atoms with E-state index >= 15 is 0 Å². The molecular formula is C26H24N2O4S. The minimum Gasteiger partial charge on any atom is -0.493 e. The van der Waals surface area contributed by atoms with Crippen molar-refractivity contribution in [3.8, 4) is 39.1 Å². The van der Waals surface area contributed by atoms with Crippen LogP contribution in [0.1, 0.15) is 15.9 Å². The second kappa shape index (κ2) is 9.75. The number of hydrogen-bond acceptors (Lipinski definition) is 6. The van der Waals surface area contributed by atoms with Gasteiger partial charge in [0.1, 0.15) is 5.01 Å². The average Bonchev–Trinajstić information content (AvgIpc) is 3.33. The lowest BCUT2D eigenvalue weighted by Crippen LogP contribution is -2.12. The third-order valence-corrected chi connectivity index (χ3v) is 6.12. The third kappa shape index (κ3) is 4.68. The zero-order valence-electron chi connectivity index (χ0n) is 18.8. The normalized spacial score (nSPS) is 10.5. The van der Waals surface area contributed by atoms with E-state index in [9.17, 15) is 4.79 Å². The molecule has 0 bridgehead atoms. The number of aromatic nitrogens is 1. The molecule has 4 aromatic rings. The predicted octanol–water partition coefficient (Wildman–Crippen LogP) is 6.06. The fourth-order valence-corrected chi connectivity index (χ4v) is 4.40. The molecule has 3 aromatic carbocycles. The van der Waals surface area contributed by atoms with Gasteiger partial charge in [-0.05, 0) is 36.8 Å². The van der Waals surface area contributed by atoms with Crippen molar-refractivity contribution in [3.63, 3.8) is 0 Å². The first-order valence-electron chi connectivity index (χ1n) is 10.3. The number of rotatable bonds is 7. The summed E-state index contributed by atoms with van der Waals surface area (Å²) in [5.74, 6) is 1.00. The minimum absolute atomic E-state index is 0.280. The van der Waals surface area contributed by atoms with Crippen molar-refractivity contribution < 1.29 is 19.0 Å². The summed E-state index contributed by atoms with van der Waals surface area (Å²) in [7, 11) is 4.55. The zero-order chi connectivity index (χ0) is 23.4. The number of ether oxygens (including phenoxy) is 3. The molecule has 7 heteroatoms. The van der Waals surface area contributed by atoms with Gasteiger partial charge in [0.25, 0.3) is 5.91 Å². The maximum atomic E-state index is 12.8. The standard InChI is InChI=1S/C26H24N2O4S/c1-16-7-5-6-8-20(16)26-28-21(15-33-26)17-9-11-19(12-10-17)27-25(29)18-13-22(30-2)24(32-4)23(14-18)31-3/h5-15H,1-4H3,(H,27,29). The Balaban J connectivity index is 1.52. The lowest BCUT2D eigenvalue weighted by molar-refractivity contribution is 0.102. The third-order valence-electron chi connectivity index (χ3n) is 5.25. The maximum absolute atomic E-state index is 12.8. The molecule has 0 spiro atoms. The number of benzene rings is 3. The van der Waals surface area contributed by atoms with Gasteiger partial charge in [-0.1, -0.05) is 36.4 Å². The van der Waals surface area contributed by atoms with E-state index in [4.69, 9.17) is 19.2 Å². The fourth-order valence-electron chi connectivity index (χ4n) is 3.48. The smallest absolute Gasteiger partial charge is 0.255 e. The number of hydrogen-bond donors (Lipinski definition) is 1. The molecule has 0 aliphatic carbocycles. The highest BCUT2D eigenvalue weighted by molar-refractivity contribution is 7.13. The van der Waals surface area contributed by atoms with Crippen molar-refractivity contribution in [1.29, 1.82) is 0 Å². The Morgan fingerprint density at radius 2 is 1.58 bits per heavy atom. The molecule has 1 N–H and O–H groups in total. The van der Waals surface area contributed by atoms with E-state index in [-0.39, 0.29) is 5.91 Å².